The summed E-state index contributed by atoms with van der Waals surface area (Å²) in [7, 11) is 1.75. The number of aromatic nitrogens is 4. The summed E-state index contributed by atoms with van der Waals surface area (Å²) in [5.74, 6) is -0.516. The van der Waals surface area contributed by atoms with Crippen LogP contribution in [0.5, 0.6) is 0 Å². The molecule has 1 saturated carbocycles. The lowest BCUT2D eigenvalue weighted by Crippen LogP contribution is -2.17. The molecule has 8 nitrogen and oxygen atoms in total. The number of carbonyl (C=O) groups excluding carboxylic acids is 1. The van der Waals surface area contributed by atoms with Crippen molar-refractivity contribution in [3.05, 3.63) is 42.2 Å². The molecule has 3 aromatic heterocycles. The minimum Gasteiger partial charge on any atom is -0.379 e. The van der Waals surface area contributed by atoms with E-state index in [1.165, 1.54) is 23.0 Å². The minimum absolute atomic E-state index is 0.0519. The maximum absolute atomic E-state index is 13.7. The van der Waals surface area contributed by atoms with Crippen LogP contribution in [0.25, 0.3) is 5.65 Å². The zero-order chi connectivity index (χ0) is 17.4. The Hall–Kier alpha value is -3.23. The molecular weight excluding hydrogens is 325 g/mol. The lowest BCUT2D eigenvalue weighted by Gasteiger charge is -2.10. The predicted octanol–water partition coefficient (Wildman–Crippen LogP) is 2.13. The fourth-order valence-corrected chi connectivity index (χ4v) is 2.46. The fraction of sp³-hybridized carbons (Fsp3) is 0.250. The fourth-order valence-electron chi connectivity index (χ4n) is 2.46. The summed E-state index contributed by atoms with van der Waals surface area (Å²) >= 11 is 0. The van der Waals surface area contributed by atoms with E-state index in [-0.39, 0.29) is 11.4 Å². The minimum atomic E-state index is -0.607. The first kappa shape index (κ1) is 15.3. The highest BCUT2D eigenvalue weighted by Gasteiger charge is 2.24. The monoisotopic (exact) mass is 341 g/mol. The van der Waals surface area contributed by atoms with Crippen molar-refractivity contribution in [2.24, 2.45) is 0 Å². The van der Waals surface area contributed by atoms with Crippen LogP contribution in [0.1, 0.15) is 23.3 Å². The van der Waals surface area contributed by atoms with Crippen LogP contribution in [-0.2, 0) is 0 Å². The van der Waals surface area contributed by atoms with Crippen molar-refractivity contribution >= 4 is 28.7 Å². The Balaban J connectivity index is 1.71. The van der Waals surface area contributed by atoms with E-state index in [0.717, 1.165) is 24.7 Å². The van der Waals surface area contributed by atoms with Crippen molar-refractivity contribution in [2.45, 2.75) is 18.9 Å². The van der Waals surface area contributed by atoms with Crippen LogP contribution in [0.3, 0.4) is 0 Å². The van der Waals surface area contributed by atoms with Crippen molar-refractivity contribution in [3.63, 3.8) is 0 Å². The number of hydrogen-bond acceptors (Lipinski definition) is 6. The van der Waals surface area contributed by atoms with E-state index < -0.39 is 11.7 Å². The molecule has 1 aliphatic carbocycles. The molecule has 1 aliphatic rings. The molecule has 3 aromatic rings. The molecular formula is C16H16FN7O. The van der Waals surface area contributed by atoms with E-state index in [0.29, 0.717) is 17.5 Å². The Kier molecular flexibility index (Phi) is 3.68. The number of pyridine rings is 1. The van der Waals surface area contributed by atoms with Crippen LogP contribution >= 0.6 is 0 Å². The maximum Gasteiger partial charge on any atom is 0.276 e. The average Bonchev–Trinajstić information content (AvgIpc) is 3.32. The highest BCUT2D eigenvalue weighted by molar-refractivity contribution is 6.03. The third kappa shape index (κ3) is 2.95. The van der Waals surface area contributed by atoms with Gasteiger partial charge in [-0.05, 0) is 18.9 Å². The van der Waals surface area contributed by atoms with Gasteiger partial charge in [-0.15, -0.1) is 5.10 Å². The SMILES string of the molecule is CNc1cc(NC2CC2)c2ncc(C(=O)Nc3ccncc3F)n2n1. The lowest BCUT2D eigenvalue weighted by atomic mass is 10.3. The smallest absolute Gasteiger partial charge is 0.276 e. The molecule has 0 spiro atoms. The van der Waals surface area contributed by atoms with Crippen LogP contribution in [0.15, 0.2) is 30.7 Å². The molecule has 0 aromatic carbocycles. The molecule has 0 aliphatic heterocycles. The van der Waals surface area contributed by atoms with Gasteiger partial charge in [-0.3, -0.25) is 9.78 Å². The van der Waals surface area contributed by atoms with Crippen molar-refractivity contribution in [2.75, 3.05) is 23.0 Å². The average molecular weight is 341 g/mol. The summed E-state index contributed by atoms with van der Waals surface area (Å²) in [6.45, 7) is 0. The van der Waals surface area contributed by atoms with Crippen molar-refractivity contribution < 1.29 is 9.18 Å². The summed E-state index contributed by atoms with van der Waals surface area (Å²) in [5.41, 5.74) is 1.61. The van der Waals surface area contributed by atoms with Crippen LogP contribution in [0.4, 0.5) is 21.6 Å². The Labute approximate surface area is 142 Å². The number of hydrogen-bond donors (Lipinski definition) is 3. The second kappa shape index (κ2) is 6.00. The zero-order valence-corrected chi connectivity index (χ0v) is 13.5. The van der Waals surface area contributed by atoms with Gasteiger partial charge in [-0.2, -0.15) is 0 Å². The van der Waals surface area contributed by atoms with E-state index in [9.17, 15) is 9.18 Å². The number of amides is 1. The molecule has 3 heterocycles. The van der Waals surface area contributed by atoms with E-state index >= 15 is 0 Å². The zero-order valence-electron chi connectivity index (χ0n) is 13.5. The number of nitrogens with zero attached hydrogens (tertiary/aromatic N) is 4. The number of imidazole rings is 1. The van der Waals surface area contributed by atoms with Gasteiger partial charge in [0.15, 0.2) is 17.2 Å². The predicted molar refractivity (Wildman–Crippen MR) is 91.3 cm³/mol. The Morgan fingerprint density at radius 1 is 1.32 bits per heavy atom. The van der Waals surface area contributed by atoms with Crippen molar-refractivity contribution in [3.8, 4) is 0 Å². The van der Waals surface area contributed by atoms with Gasteiger partial charge in [0.25, 0.3) is 5.91 Å². The molecule has 0 unspecified atom stereocenters. The molecule has 1 fully saturated rings. The van der Waals surface area contributed by atoms with Crippen LogP contribution in [0, 0.1) is 5.82 Å². The summed E-state index contributed by atoms with van der Waals surface area (Å²) < 4.78 is 15.2. The second-order valence-electron chi connectivity index (χ2n) is 5.80. The topological polar surface area (TPSA) is 96.2 Å². The third-order valence-corrected chi connectivity index (χ3v) is 3.91. The number of nitrogens with one attached hydrogen (secondary N) is 3. The van der Waals surface area contributed by atoms with Gasteiger partial charge >= 0.3 is 0 Å². The first-order valence-corrected chi connectivity index (χ1v) is 7.89. The summed E-state index contributed by atoms with van der Waals surface area (Å²) in [5, 5.41) is 13.2. The molecule has 3 N–H and O–H groups in total. The number of rotatable bonds is 5. The molecule has 128 valence electrons. The van der Waals surface area contributed by atoms with Crippen molar-refractivity contribution in [1.29, 1.82) is 0 Å². The third-order valence-electron chi connectivity index (χ3n) is 3.91. The van der Waals surface area contributed by atoms with Gasteiger partial charge in [-0.25, -0.2) is 13.9 Å². The Morgan fingerprint density at radius 3 is 2.88 bits per heavy atom. The highest BCUT2D eigenvalue weighted by atomic mass is 19.1. The summed E-state index contributed by atoms with van der Waals surface area (Å²) in [4.78, 5) is 20.5. The molecule has 0 bridgehead atoms. The molecule has 4 rings (SSSR count). The largest absolute Gasteiger partial charge is 0.379 e. The van der Waals surface area contributed by atoms with Gasteiger partial charge in [0.05, 0.1) is 23.8 Å². The molecule has 0 atom stereocenters. The first-order valence-electron chi connectivity index (χ1n) is 7.89. The van der Waals surface area contributed by atoms with Gasteiger partial charge < -0.3 is 16.0 Å². The Bertz CT molecular complexity index is 951. The number of fused-ring (bicyclic) bond motifs is 1. The quantitative estimate of drug-likeness (QED) is 0.658. The Morgan fingerprint density at radius 2 is 2.16 bits per heavy atom. The first-order chi connectivity index (χ1) is 12.2. The van der Waals surface area contributed by atoms with Crippen molar-refractivity contribution in [1.82, 2.24) is 19.6 Å². The molecule has 1 amide bonds. The van der Waals surface area contributed by atoms with E-state index in [4.69, 9.17) is 0 Å². The number of halogens is 1. The van der Waals surface area contributed by atoms with E-state index in [1.807, 2.05) is 6.07 Å². The van der Waals surface area contributed by atoms with Gasteiger partial charge in [0.2, 0.25) is 0 Å². The lowest BCUT2D eigenvalue weighted by molar-refractivity contribution is 0.102. The van der Waals surface area contributed by atoms with Crippen LogP contribution in [-0.4, -0.2) is 38.6 Å². The van der Waals surface area contributed by atoms with E-state index in [2.05, 4.69) is 31.0 Å². The molecule has 25 heavy (non-hydrogen) atoms. The normalized spacial score (nSPS) is 13.7. The maximum atomic E-state index is 13.7. The van der Waals surface area contributed by atoms with Crippen LogP contribution < -0.4 is 16.0 Å². The number of carbonyl (C=O) groups is 1. The summed E-state index contributed by atoms with van der Waals surface area (Å²) in [6.07, 6.45) is 6.09. The van der Waals surface area contributed by atoms with Gasteiger partial charge in [0.1, 0.15) is 5.82 Å². The standard InChI is InChI=1S/C16H16FN7O/c1-18-14-6-12(21-9-2-3-9)15-20-8-13(24(15)23-14)16(25)22-11-4-5-19-7-10(11)17/h4-9,21H,2-3H2,1H3,(H,18,23)(H,19,22,25). The molecule has 9 heteroatoms. The van der Waals surface area contributed by atoms with E-state index in [1.54, 1.807) is 7.05 Å². The van der Waals surface area contributed by atoms with Gasteiger partial charge in [0, 0.05) is 25.4 Å². The number of anilines is 3. The van der Waals surface area contributed by atoms with Crippen LogP contribution in [0.2, 0.25) is 0 Å². The molecule has 0 saturated heterocycles. The summed E-state index contributed by atoms with van der Waals surface area (Å²) in [6, 6.07) is 3.67. The highest BCUT2D eigenvalue weighted by Crippen LogP contribution is 2.28. The van der Waals surface area contributed by atoms with Gasteiger partial charge in [-0.1, -0.05) is 0 Å². The second-order valence-corrected chi connectivity index (χ2v) is 5.80. The molecule has 0 radical (unpaired) electrons.